The molecular formula is C23H25N5O. The summed E-state index contributed by atoms with van der Waals surface area (Å²) < 4.78 is 0. The zero-order chi connectivity index (χ0) is 19.6. The van der Waals surface area contributed by atoms with E-state index in [1.807, 2.05) is 37.3 Å². The van der Waals surface area contributed by atoms with Gasteiger partial charge < -0.3 is 10.3 Å². The fraction of sp³-hybridized carbons (Fsp3) is 0.478. The second-order valence-electron chi connectivity index (χ2n) is 9.60. The fourth-order valence-corrected chi connectivity index (χ4v) is 6.76. The van der Waals surface area contributed by atoms with E-state index in [4.69, 9.17) is 4.98 Å². The van der Waals surface area contributed by atoms with Gasteiger partial charge in [0, 0.05) is 22.8 Å². The number of hydrogen-bond acceptors (Lipinski definition) is 4. The minimum absolute atomic E-state index is 0.0120. The molecule has 7 rings (SSSR count). The quantitative estimate of drug-likeness (QED) is 0.718. The van der Waals surface area contributed by atoms with Crippen LogP contribution in [0.4, 0.5) is 0 Å². The Hall–Kier alpha value is -2.76. The first kappa shape index (κ1) is 17.1. The summed E-state index contributed by atoms with van der Waals surface area (Å²) in [7, 11) is 0. The largest absolute Gasteiger partial charge is 0.345 e. The summed E-state index contributed by atoms with van der Waals surface area (Å²) in [5.41, 5.74) is 3.04. The average molecular weight is 387 g/mol. The maximum atomic E-state index is 13.1. The third-order valence-corrected chi connectivity index (χ3v) is 7.32. The molecular weight excluding hydrogens is 362 g/mol. The van der Waals surface area contributed by atoms with E-state index in [1.54, 1.807) is 6.20 Å². The van der Waals surface area contributed by atoms with E-state index >= 15 is 0 Å². The minimum atomic E-state index is -0.154. The minimum Gasteiger partial charge on any atom is -0.345 e. The molecule has 6 heteroatoms. The van der Waals surface area contributed by atoms with Gasteiger partial charge in [0.05, 0.1) is 5.52 Å². The molecule has 3 heterocycles. The maximum absolute atomic E-state index is 13.1. The number of aryl methyl sites for hydroxylation is 1. The molecule has 4 fully saturated rings. The highest BCUT2D eigenvalue weighted by Crippen LogP contribution is 2.61. The number of carbonyl (C=O) groups is 1. The molecule has 148 valence electrons. The van der Waals surface area contributed by atoms with Crippen LogP contribution in [0.25, 0.3) is 11.2 Å². The molecule has 3 aromatic heterocycles. The van der Waals surface area contributed by atoms with Crippen molar-refractivity contribution < 1.29 is 4.79 Å². The second-order valence-corrected chi connectivity index (χ2v) is 9.60. The van der Waals surface area contributed by atoms with Gasteiger partial charge in [-0.2, -0.15) is 0 Å². The Morgan fingerprint density at radius 3 is 2.69 bits per heavy atom. The molecule has 29 heavy (non-hydrogen) atoms. The molecule has 2 atom stereocenters. The van der Waals surface area contributed by atoms with E-state index in [0.29, 0.717) is 17.5 Å². The first-order valence-electron chi connectivity index (χ1n) is 10.6. The van der Waals surface area contributed by atoms with Crippen molar-refractivity contribution in [2.24, 2.45) is 11.8 Å². The van der Waals surface area contributed by atoms with Crippen LogP contribution in [0.5, 0.6) is 0 Å². The third-order valence-electron chi connectivity index (χ3n) is 7.32. The molecule has 4 bridgehead atoms. The summed E-state index contributed by atoms with van der Waals surface area (Å²) in [6.07, 6.45) is 8.48. The van der Waals surface area contributed by atoms with E-state index in [0.717, 1.165) is 54.8 Å². The van der Waals surface area contributed by atoms with Crippen molar-refractivity contribution in [2.75, 3.05) is 0 Å². The zero-order valence-electron chi connectivity index (χ0n) is 16.6. The van der Waals surface area contributed by atoms with Gasteiger partial charge in [-0.3, -0.25) is 4.79 Å². The monoisotopic (exact) mass is 387 g/mol. The Kier molecular flexibility index (Phi) is 3.47. The van der Waals surface area contributed by atoms with Crippen molar-refractivity contribution in [3.05, 3.63) is 53.7 Å². The molecule has 0 aliphatic heterocycles. The lowest BCUT2D eigenvalue weighted by Crippen LogP contribution is -2.64. The molecule has 2 N–H and O–H groups in total. The molecule has 0 radical (unpaired) electrons. The number of carbonyl (C=O) groups excluding carboxylic acids is 1. The molecule has 0 spiro atoms. The summed E-state index contributed by atoms with van der Waals surface area (Å²) >= 11 is 0. The molecule has 3 aromatic rings. The summed E-state index contributed by atoms with van der Waals surface area (Å²) in [6, 6.07) is 9.62. The Morgan fingerprint density at radius 2 is 1.93 bits per heavy atom. The smallest absolute Gasteiger partial charge is 0.270 e. The van der Waals surface area contributed by atoms with Crippen LogP contribution in [0, 0.1) is 18.8 Å². The standard InChI is InChI=1S/C23H25N5O/c1-14-4-2-5-18(25-14)20(29)28-23-11-15-8-16(12-23)10-22(9-15,13-23)21-26-17-6-3-7-24-19(17)27-21/h2-7,15-16H,8-13H2,1H3,(H,28,29)(H,24,26,27). The Morgan fingerprint density at radius 1 is 1.10 bits per heavy atom. The fourth-order valence-electron chi connectivity index (χ4n) is 6.76. The Bertz CT molecular complexity index is 1070. The topological polar surface area (TPSA) is 83.6 Å². The number of pyridine rings is 2. The van der Waals surface area contributed by atoms with E-state index in [9.17, 15) is 4.79 Å². The van der Waals surface area contributed by atoms with Crippen molar-refractivity contribution >= 4 is 17.1 Å². The number of aromatic nitrogens is 4. The molecule has 4 saturated carbocycles. The van der Waals surface area contributed by atoms with Gasteiger partial charge in [-0.05, 0) is 81.5 Å². The number of fused-ring (bicyclic) bond motifs is 1. The molecule has 6 nitrogen and oxygen atoms in total. The Labute approximate surface area is 169 Å². The maximum Gasteiger partial charge on any atom is 0.270 e. The normalized spacial score (nSPS) is 32.6. The number of rotatable bonds is 3. The van der Waals surface area contributed by atoms with Gasteiger partial charge >= 0.3 is 0 Å². The molecule has 0 aromatic carbocycles. The van der Waals surface area contributed by atoms with E-state index in [1.165, 1.54) is 6.42 Å². The van der Waals surface area contributed by atoms with Crippen molar-refractivity contribution in [3.63, 3.8) is 0 Å². The van der Waals surface area contributed by atoms with Crippen LogP contribution >= 0.6 is 0 Å². The molecule has 0 saturated heterocycles. The third kappa shape index (κ3) is 2.69. The first-order chi connectivity index (χ1) is 14.0. The van der Waals surface area contributed by atoms with Crippen LogP contribution < -0.4 is 5.32 Å². The predicted molar refractivity (Wildman–Crippen MR) is 109 cm³/mol. The number of aromatic amines is 1. The first-order valence-corrected chi connectivity index (χ1v) is 10.6. The molecule has 4 aliphatic carbocycles. The van der Waals surface area contributed by atoms with Gasteiger partial charge in [-0.25, -0.2) is 15.0 Å². The van der Waals surface area contributed by atoms with Gasteiger partial charge in [0.2, 0.25) is 0 Å². The SMILES string of the molecule is Cc1cccc(C(=O)NC23CC4CC(C2)CC(c2nc5ncccc5[nH]2)(C4)C3)n1. The van der Waals surface area contributed by atoms with Gasteiger partial charge in [0.15, 0.2) is 5.65 Å². The summed E-state index contributed by atoms with van der Waals surface area (Å²) in [6.45, 7) is 1.92. The van der Waals surface area contributed by atoms with Crippen LogP contribution in [-0.2, 0) is 5.41 Å². The van der Waals surface area contributed by atoms with Crippen molar-refractivity contribution in [1.29, 1.82) is 0 Å². The van der Waals surface area contributed by atoms with Crippen molar-refractivity contribution in [2.45, 2.75) is 56.4 Å². The zero-order valence-corrected chi connectivity index (χ0v) is 16.6. The number of imidazole rings is 1. The second kappa shape index (κ2) is 5.88. The predicted octanol–water partition coefficient (Wildman–Crippen LogP) is 3.68. The number of amides is 1. The van der Waals surface area contributed by atoms with Crippen LogP contribution in [0.3, 0.4) is 0 Å². The molecule has 1 amide bonds. The average Bonchev–Trinajstić information content (AvgIpc) is 3.12. The van der Waals surface area contributed by atoms with Gasteiger partial charge in [0.1, 0.15) is 11.5 Å². The van der Waals surface area contributed by atoms with Gasteiger partial charge in [-0.15, -0.1) is 0 Å². The highest BCUT2D eigenvalue weighted by Gasteiger charge is 2.60. The molecule has 4 aliphatic rings. The van der Waals surface area contributed by atoms with Gasteiger partial charge in [0.25, 0.3) is 5.91 Å². The van der Waals surface area contributed by atoms with E-state index in [-0.39, 0.29) is 16.9 Å². The van der Waals surface area contributed by atoms with Crippen LogP contribution in [0.15, 0.2) is 36.5 Å². The van der Waals surface area contributed by atoms with Crippen LogP contribution in [0.1, 0.15) is 60.5 Å². The molecule has 2 unspecified atom stereocenters. The van der Waals surface area contributed by atoms with E-state index < -0.39 is 0 Å². The number of hydrogen-bond donors (Lipinski definition) is 2. The lowest BCUT2D eigenvalue weighted by Gasteiger charge is -2.61. The summed E-state index contributed by atoms with van der Waals surface area (Å²) in [5.74, 6) is 2.30. The highest BCUT2D eigenvalue weighted by molar-refractivity contribution is 5.92. The van der Waals surface area contributed by atoms with Crippen molar-refractivity contribution in [1.82, 2.24) is 25.3 Å². The van der Waals surface area contributed by atoms with Crippen molar-refractivity contribution in [3.8, 4) is 0 Å². The van der Waals surface area contributed by atoms with Gasteiger partial charge in [-0.1, -0.05) is 6.07 Å². The summed E-state index contributed by atoms with van der Waals surface area (Å²) in [4.78, 5) is 30.4. The Balaban J connectivity index is 1.36. The lowest BCUT2D eigenvalue weighted by atomic mass is 9.46. The number of nitrogens with one attached hydrogen (secondary N) is 2. The lowest BCUT2D eigenvalue weighted by molar-refractivity contribution is -0.0402. The number of nitrogens with zero attached hydrogens (tertiary/aromatic N) is 3. The summed E-state index contributed by atoms with van der Waals surface area (Å²) in [5, 5.41) is 3.44. The van der Waals surface area contributed by atoms with E-state index in [2.05, 4.69) is 20.3 Å². The van der Waals surface area contributed by atoms with Crippen LogP contribution in [0.2, 0.25) is 0 Å². The highest BCUT2D eigenvalue weighted by atomic mass is 16.2. The number of H-pyrrole nitrogens is 1. The van der Waals surface area contributed by atoms with Crippen LogP contribution in [-0.4, -0.2) is 31.4 Å².